The molecule has 0 fully saturated rings. The maximum absolute atomic E-state index is 11.2. The molecule has 0 saturated carbocycles. The topological polar surface area (TPSA) is 101 Å². The van der Waals surface area contributed by atoms with Gasteiger partial charge in [-0.2, -0.15) is 0 Å². The van der Waals surface area contributed by atoms with Crippen LogP contribution in [-0.2, 0) is 6.42 Å². The predicted octanol–water partition coefficient (Wildman–Crippen LogP) is 5.09. The number of oxime groups is 1. The zero-order valence-electron chi connectivity index (χ0n) is 19.4. The van der Waals surface area contributed by atoms with E-state index in [2.05, 4.69) is 5.16 Å². The molecule has 0 amide bonds. The van der Waals surface area contributed by atoms with Crippen molar-refractivity contribution in [1.82, 2.24) is 0 Å². The minimum Gasteiger partial charge on any atom is -0.507 e. The van der Waals surface area contributed by atoms with Gasteiger partial charge in [0.05, 0.1) is 18.2 Å². The smallest absolute Gasteiger partial charge is 0.168 e. The van der Waals surface area contributed by atoms with Crippen LogP contribution in [0.4, 0.5) is 0 Å². The maximum Gasteiger partial charge on any atom is 0.168 e. The first-order valence-electron chi connectivity index (χ1n) is 10.8. The lowest BCUT2D eigenvalue weighted by Gasteiger charge is -2.36. The summed E-state index contributed by atoms with van der Waals surface area (Å²) in [4.78, 5) is 0. The number of fused-ring (bicyclic) bond motifs is 2. The molecular formula is C26H29NO6. The quantitative estimate of drug-likeness (QED) is 0.340. The average molecular weight is 452 g/mol. The number of hydrogen-bond donors (Lipinski definition) is 3. The van der Waals surface area contributed by atoms with Gasteiger partial charge in [-0.05, 0) is 64.0 Å². The second kappa shape index (κ2) is 8.48. The third kappa shape index (κ3) is 4.04. The monoisotopic (exact) mass is 451 g/mol. The number of rotatable bonds is 4. The number of benzene rings is 2. The highest BCUT2D eigenvalue weighted by molar-refractivity contribution is 5.97. The Morgan fingerprint density at radius 1 is 1.18 bits per heavy atom. The summed E-state index contributed by atoms with van der Waals surface area (Å²) in [6.45, 7) is 7.85. The van der Waals surface area contributed by atoms with Crippen molar-refractivity contribution in [2.45, 2.75) is 51.9 Å². The van der Waals surface area contributed by atoms with Crippen LogP contribution in [0, 0.1) is 0 Å². The molecular weight excluding hydrogens is 422 g/mol. The van der Waals surface area contributed by atoms with Gasteiger partial charge in [-0.3, -0.25) is 0 Å². The van der Waals surface area contributed by atoms with Crippen molar-refractivity contribution in [3.63, 3.8) is 0 Å². The van der Waals surface area contributed by atoms with Crippen molar-refractivity contribution in [2.24, 2.45) is 5.16 Å². The Labute approximate surface area is 193 Å². The van der Waals surface area contributed by atoms with E-state index in [0.717, 1.165) is 5.57 Å². The van der Waals surface area contributed by atoms with Crippen molar-refractivity contribution in [3.8, 4) is 23.0 Å². The van der Waals surface area contributed by atoms with Crippen molar-refractivity contribution in [1.29, 1.82) is 0 Å². The molecule has 0 radical (unpaired) electrons. The molecule has 4 rings (SSSR count). The standard InChI is InChI=1S/C26H29NO6/c1-14(2)6-11-18-24-17(12-13-26(3,4)33-24)21(28)19-22(29)20(27-30)23(32-25(18)19)15-7-9-16(31-5)10-8-15/h6-10,12-13,22-23,28-30H,11H2,1-5H3/b27-20-/t22-,23+/m0/s1. The summed E-state index contributed by atoms with van der Waals surface area (Å²) in [5.41, 5.74) is 2.53. The number of phenolic OH excluding ortho intramolecular Hbond substituents is 1. The number of aliphatic hydroxyl groups is 1. The van der Waals surface area contributed by atoms with Crippen LogP contribution in [0.15, 0.2) is 47.1 Å². The summed E-state index contributed by atoms with van der Waals surface area (Å²) < 4.78 is 17.8. The number of allylic oxidation sites excluding steroid dienone is 2. The van der Waals surface area contributed by atoms with Gasteiger partial charge in [-0.15, -0.1) is 0 Å². The minimum absolute atomic E-state index is 0.0166. The lowest BCUT2D eigenvalue weighted by atomic mass is 9.86. The fourth-order valence-electron chi connectivity index (χ4n) is 4.11. The summed E-state index contributed by atoms with van der Waals surface area (Å²) in [5.74, 6) is 1.35. The van der Waals surface area contributed by atoms with Crippen molar-refractivity contribution in [3.05, 3.63) is 64.2 Å². The molecule has 0 spiro atoms. The van der Waals surface area contributed by atoms with Crippen LogP contribution in [-0.4, -0.2) is 33.8 Å². The third-order valence-corrected chi connectivity index (χ3v) is 5.87. The van der Waals surface area contributed by atoms with Gasteiger partial charge in [0.15, 0.2) is 6.10 Å². The first-order valence-corrected chi connectivity index (χ1v) is 10.8. The fraction of sp³-hybridized carbons (Fsp3) is 0.346. The molecule has 7 heteroatoms. The number of hydrogen-bond acceptors (Lipinski definition) is 7. The summed E-state index contributed by atoms with van der Waals surface area (Å²) in [5, 5.41) is 35.4. The largest absolute Gasteiger partial charge is 0.507 e. The van der Waals surface area contributed by atoms with Crippen LogP contribution >= 0.6 is 0 Å². The van der Waals surface area contributed by atoms with Crippen LogP contribution in [0.3, 0.4) is 0 Å². The van der Waals surface area contributed by atoms with Crippen molar-refractivity contribution in [2.75, 3.05) is 7.11 Å². The zero-order valence-corrected chi connectivity index (χ0v) is 19.4. The minimum atomic E-state index is -1.37. The number of aromatic hydroxyl groups is 1. The van der Waals surface area contributed by atoms with E-state index in [4.69, 9.17) is 14.2 Å². The van der Waals surface area contributed by atoms with Crippen LogP contribution in [0.5, 0.6) is 23.0 Å². The Hall–Kier alpha value is -3.45. The van der Waals surface area contributed by atoms with Gasteiger partial charge >= 0.3 is 0 Å². The summed E-state index contributed by atoms with van der Waals surface area (Å²) in [6, 6.07) is 7.09. The molecule has 7 nitrogen and oxygen atoms in total. The molecule has 2 aromatic rings. The highest BCUT2D eigenvalue weighted by atomic mass is 16.5. The second-order valence-electron chi connectivity index (χ2n) is 9.04. The number of ether oxygens (including phenoxy) is 3. The molecule has 174 valence electrons. The van der Waals surface area contributed by atoms with Crippen LogP contribution in [0.25, 0.3) is 6.08 Å². The first kappa shape index (κ1) is 22.7. The van der Waals surface area contributed by atoms with E-state index >= 15 is 0 Å². The lowest BCUT2D eigenvalue weighted by Crippen LogP contribution is -2.33. The molecule has 2 atom stereocenters. The van der Waals surface area contributed by atoms with Gasteiger partial charge in [-0.1, -0.05) is 28.9 Å². The number of methoxy groups -OCH3 is 1. The fourth-order valence-corrected chi connectivity index (χ4v) is 4.11. The molecule has 2 aromatic carbocycles. The SMILES string of the molecule is COc1ccc([C@H]2Oc3c(CC=C(C)C)c4c(c(O)c3[C@H](O)/C2=N/O)C=CC(C)(C)O4)cc1. The maximum atomic E-state index is 11.2. The molecule has 2 aliphatic rings. The van der Waals surface area contributed by atoms with Crippen LogP contribution in [0.1, 0.15) is 62.2 Å². The summed E-state index contributed by atoms with van der Waals surface area (Å²) >= 11 is 0. The highest BCUT2D eigenvalue weighted by Gasteiger charge is 2.42. The lowest BCUT2D eigenvalue weighted by molar-refractivity contribution is 0.146. The Balaban J connectivity index is 1.94. The van der Waals surface area contributed by atoms with E-state index < -0.39 is 17.8 Å². The Morgan fingerprint density at radius 2 is 1.88 bits per heavy atom. The van der Waals surface area contributed by atoms with E-state index in [1.165, 1.54) is 0 Å². The molecule has 2 aliphatic heterocycles. The van der Waals surface area contributed by atoms with E-state index in [1.54, 1.807) is 37.5 Å². The molecule has 0 aliphatic carbocycles. The normalized spacial score (nSPS) is 21.5. The van der Waals surface area contributed by atoms with E-state index in [-0.39, 0.29) is 17.0 Å². The molecule has 0 saturated heterocycles. The number of nitrogens with zero attached hydrogens (tertiary/aromatic N) is 1. The molecule has 0 bridgehead atoms. The van der Waals surface area contributed by atoms with Gasteiger partial charge in [0.1, 0.15) is 40.4 Å². The Morgan fingerprint density at radius 3 is 2.48 bits per heavy atom. The van der Waals surface area contributed by atoms with Gasteiger partial charge < -0.3 is 29.6 Å². The Kier molecular flexibility index (Phi) is 5.84. The van der Waals surface area contributed by atoms with Crippen molar-refractivity contribution < 1.29 is 29.6 Å². The number of phenols is 1. The van der Waals surface area contributed by atoms with Crippen LogP contribution in [0.2, 0.25) is 0 Å². The van der Waals surface area contributed by atoms with Gasteiger partial charge in [-0.25, -0.2) is 0 Å². The van der Waals surface area contributed by atoms with Gasteiger partial charge in [0.2, 0.25) is 0 Å². The van der Waals surface area contributed by atoms with E-state index in [9.17, 15) is 15.4 Å². The van der Waals surface area contributed by atoms with Crippen molar-refractivity contribution >= 4 is 11.8 Å². The molecule has 33 heavy (non-hydrogen) atoms. The second-order valence-corrected chi connectivity index (χ2v) is 9.04. The summed E-state index contributed by atoms with van der Waals surface area (Å²) in [7, 11) is 1.57. The predicted molar refractivity (Wildman–Crippen MR) is 126 cm³/mol. The molecule has 3 N–H and O–H groups in total. The van der Waals surface area contributed by atoms with E-state index in [1.807, 2.05) is 39.8 Å². The Bertz CT molecular complexity index is 1160. The molecule has 2 heterocycles. The van der Waals surface area contributed by atoms with Gasteiger partial charge in [0, 0.05) is 5.56 Å². The highest BCUT2D eigenvalue weighted by Crippen LogP contribution is 2.53. The molecule has 0 aromatic heterocycles. The third-order valence-electron chi connectivity index (χ3n) is 5.87. The van der Waals surface area contributed by atoms with E-state index in [0.29, 0.717) is 40.4 Å². The van der Waals surface area contributed by atoms with Crippen LogP contribution < -0.4 is 14.2 Å². The summed E-state index contributed by atoms with van der Waals surface area (Å²) in [6.07, 6.45) is 3.92. The van der Waals surface area contributed by atoms with Gasteiger partial charge in [0.25, 0.3) is 0 Å². The number of aliphatic hydroxyl groups excluding tert-OH is 1. The molecule has 0 unspecified atom stereocenters. The average Bonchev–Trinajstić information content (AvgIpc) is 2.77. The first-order chi connectivity index (χ1) is 15.7. The zero-order chi connectivity index (χ0) is 23.9.